The van der Waals surface area contributed by atoms with Gasteiger partial charge in [-0.1, -0.05) is 6.92 Å². The highest BCUT2D eigenvalue weighted by atomic mass is 32.2. The average Bonchev–Trinajstić information content (AvgIpc) is 2.57. The molecule has 1 rings (SSSR count). The topological polar surface area (TPSA) is 29.9 Å². The van der Waals surface area contributed by atoms with Crippen molar-refractivity contribution in [3.63, 3.8) is 0 Å². The van der Waals surface area contributed by atoms with Crippen LogP contribution < -0.4 is 5.32 Å². The van der Waals surface area contributed by atoms with Crippen LogP contribution in [0.4, 0.5) is 0 Å². The number of rotatable bonds is 7. The molecule has 0 radical (unpaired) electrons. The summed E-state index contributed by atoms with van der Waals surface area (Å²) in [5.74, 6) is 1.13. The fourth-order valence-corrected chi connectivity index (χ4v) is 1.80. The summed E-state index contributed by atoms with van der Waals surface area (Å²) in [6, 6.07) is 0. The lowest BCUT2D eigenvalue weighted by atomic mass is 10.2. The van der Waals surface area contributed by atoms with E-state index in [1.54, 1.807) is 0 Å². The Kier molecular flexibility index (Phi) is 5.79. The Bertz CT molecular complexity index is 283. The van der Waals surface area contributed by atoms with Crippen molar-refractivity contribution < 1.29 is 0 Å². The predicted molar refractivity (Wildman–Crippen MR) is 67.3 cm³/mol. The molecule has 4 heteroatoms. The highest BCUT2D eigenvalue weighted by molar-refractivity contribution is 7.98. The molecule has 0 bridgehead atoms. The number of aryl methyl sites for hydroxylation is 2. The molecule has 0 aliphatic rings. The van der Waals surface area contributed by atoms with Crippen molar-refractivity contribution in [2.75, 3.05) is 18.6 Å². The molecule has 0 aromatic carbocycles. The molecule has 0 saturated carbocycles. The maximum atomic E-state index is 4.49. The molecule has 0 unspecified atom stereocenters. The molecule has 0 fully saturated rings. The number of hydrogen-bond donors (Lipinski definition) is 1. The third-order valence-corrected chi connectivity index (χ3v) is 2.91. The molecule has 86 valence electrons. The van der Waals surface area contributed by atoms with Gasteiger partial charge >= 0.3 is 0 Å². The number of thioether (sulfide) groups is 1. The molecule has 1 aromatic heterocycles. The van der Waals surface area contributed by atoms with Crippen LogP contribution in [0, 0.1) is 6.92 Å². The summed E-state index contributed by atoms with van der Waals surface area (Å²) in [7, 11) is 0. The van der Waals surface area contributed by atoms with Gasteiger partial charge in [-0.15, -0.1) is 0 Å². The zero-order chi connectivity index (χ0) is 11.1. The van der Waals surface area contributed by atoms with Gasteiger partial charge in [0.25, 0.3) is 0 Å². The molecule has 0 amide bonds. The van der Waals surface area contributed by atoms with Crippen LogP contribution in [0.25, 0.3) is 0 Å². The quantitative estimate of drug-likeness (QED) is 0.723. The van der Waals surface area contributed by atoms with Crippen molar-refractivity contribution in [1.29, 1.82) is 0 Å². The minimum absolute atomic E-state index is 0.943. The Labute approximate surface area is 96.6 Å². The summed E-state index contributed by atoms with van der Waals surface area (Å²) in [5.41, 5.74) is 2.48. The Balaban J connectivity index is 2.45. The van der Waals surface area contributed by atoms with Crippen LogP contribution in [-0.4, -0.2) is 28.3 Å². The van der Waals surface area contributed by atoms with Crippen molar-refractivity contribution in [1.82, 2.24) is 15.1 Å². The molecule has 0 spiro atoms. The van der Waals surface area contributed by atoms with Gasteiger partial charge in [0.1, 0.15) is 0 Å². The summed E-state index contributed by atoms with van der Waals surface area (Å²) in [6.07, 6.45) is 5.47. The summed E-state index contributed by atoms with van der Waals surface area (Å²) in [5, 5.41) is 7.89. The minimum Gasteiger partial charge on any atom is -0.313 e. The second kappa shape index (κ2) is 6.90. The number of nitrogens with one attached hydrogen (secondary N) is 1. The number of hydrogen-bond acceptors (Lipinski definition) is 3. The number of aromatic nitrogens is 2. The van der Waals surface area contributed by atoms with Gasteiger partial charge in [0, 0.05) is 30.6 Å². The van der Waals surface area contributed by atoms with Gasteiger partial charge in [0.15, 0.2) is 0 Å². The first kappa shape index (κ1) is 12.6. The third-order valence-electron chi connectivity index (χ3n) is 2.31. The van der Waals surface area contributed by atoms with Gasteiger partial charge < -0.3 is 5.32 Å². The van der Waals surface area contributed by atoms with Crippen molar-refractivity contribution in [3.05, 3.63) is 17.5 Å². The Morgan fingerprint density at radius 3 is 3.00 bits per heavy atom. The summed E-state index contributed by atoms with van der Waals surface area (Å²) >= 11 is 1.86. The lowest BCUT2D eigenvalue weighted by Crippen LogP contribution is -2.13. The molecule has 0 aliphatic carbocycles. The van der Waals surface area contributed by atoms with Gasteiger partial charge in [-0.25, -0.2) is 0 Å². The molecule has 1 aromatic rings. The fraction of sp³-hybridized carbons (Fsp3) is 0.727. The Hall–Kier alpha value is -0.480. The first-order valence-electron chi connectivity index (χ1n) is 5.50. The summed E-state index contributed by atoms with van der Waals surface area (Å²) < 4.78 is 2.05. The van der Waals surface area contributed by atoms with Gasteiger partial charge in [-0.3, -0.25) is 4.68 Å². The largest absolute Gasteiger partial charge is 0.313 e. The van der Waals surface area contributed by atoms with Crippen LogP contribution in [0.5, 0.6) is 0 Å². The van der Waals surface area contributed by atoms with E-state index in [2.05, 4.69) is 41.4 Å². The van der Waals surface area contributed by atoms with Crippen LogP contribution >= 0.6 is 11.8 Å². The van der Waals surface area contributed by atoms with E-state index in [-0.39, 0.29) is 0 Å². The average molecular weight is 227 g/mol. The molecule has 0 atom stereocenters. The van der Waals surface area contributed by atoms with Crippen molar-refractivity contribution in [2.24, 2.45) is 0 Å². The highest BCUT2D eigenvalue weighted by Gasteiger charge is 2.03. The summed E-state index contributed by atoms with van der Waals surface area (Å²) in [6.45, 7) is 7.30. The van der Waals surface area contributed by atoms with E-state index in [0.717, 1.165) is 31.1 Å². The van der Waals surface area contributed by atoms with Gasteiger partial charge in [-0.05, 0) is 26.1 Å². The van der Waals surface area contributed by atoms with Crippen LogP contribution in [-0.2, 0) is 13.1 Å². The second-order valence-electron chi connectivity index (χ2n) is 3.67. The molecule has 1 heterocycles. The van der Waals surface area contributed by atoms with Crippen molar-refractivity contribution >= 4 is 11.8 Å². The third kappa shape index (κ3) is 4.26. The second-order valence-corrected chi connectivity index (χ2v) is 4.66. The van der Waals surface area contributed by atoms with Crippen molar-refractivity contribution in [2.45, 2.75) is 33.4 Å². The van der Waals surface area contributed by atoms with Crippen LogP contribution in [0.3, 0.4) is 0 Å². The van der Waals surface area contributed by atoms with E-state index in [1.807, 2.05) is 11.8 Å². The SMILES string of the molecule is CCCNCc1cn(CCSC)nc1C. The Morgan fingerprint density at radius 1 is 1.53 bits per heavy atom. The molecular weight excluding hydrogens is 206 g/mol. The van der Waals surface area contributed by atoms with E-state index < -0.39 is 0 Å². The maximum Gasteiger partial charge on any atom is 0.0638 e. The monoisotopic (exact) mass is 227 g/mol. The zero-order valence-electron chi connectivity index (χ0n) is 9.92. The van der Waals surface area contributed by atoms with Gasteiger partial charge in [0.2, 0.25) is 0 Å². The van der Waals surface area contributed by atoms with Crippen LogP contribution in [0.2, 0.25) is 0 Å². The number of nitrogens with zero attached hydrogens (tertiary/aromatic N) is 2. The molecular formula is C11H21N3S. The summed E-state index contributed by atoms with van der Waals surface area (Å²) in [4.78, 5) is 0. The molecule has 1 N–H and O–H groups in total. The molecule has 0 aliphatic heterocycles. The minimum atomic E-state index is 0.943. The normalized spacial score (nSPS) is 10.9. The first-order chi connectivity index (χ1) is 7.27. The van der Waals surface area contributed by atoms with E-state index in [4.69, 9.17) is 0 Å². The van der Waals surface area contributed by atoms with E-state index in [1.165, 1.54) is 12.0 Å². The smallest absolute Gasteiger partial charge is 0.0638 e. The van der Waals surface area contributed by atoms with Gasteiger partial charge in [0.05, 0.1) is 5.69 Å². The van der Waals surface area contributed by atoms with Gasteiger partial charge in [-0.2, -0.15) is 16.9 Å². The molecule has 0 saturated heterocycles. The van der Waals surface area contributed by atoms with E-state index in [0.29, 0.717) is 0 Å². The Morgan fingerprint density at radius 2 is 2.33 bits per heavy atom. The lowest BCUT2D eigenvalue weighted by Gasteiger charge is -2.00. The van der Waals surface area contributed by atoms with E-state index >= 15 is 0 Å². The van der Waals surface area contributed by atoms with Crippen molar-refractivity contribution in [3.8, 4) is 0 Å². The standard InChI is InChI=1S/C11H21N3S/c1-4-5-12-8-11-9-14(6-7-15-3)13-10(11)2/h9,12H,4-8H2,1-3H3. The zero-order valence-corrected chi connectivity index (χ0v) is 10.7. The highest BCUT2D eigenvalue weighted by Crippen LogP contribution is 2.06. The maximum absolute atomic E-state index is 4.49. The van der Waals surface area contributed by atoms with E-state index in [9.17, 15) is 0 Å². The molecule has 15 heavy (non-hydrogen) atoms. The predicted octanol–water partition coefficient (Wildman–Crippen LogP) is 2.05. The fourth-order valence-electron chi connectivity index (χ4n) is 1.43. The molecule has 3 nitrogen and oxygen atoms in total. The van der Waals surface area contributed by atoms with Crippen LogP contribution in [0.15, 0.2) is 6.20 Å². The van der Waals surface area contributed by atoms with Crippen LogP contribution in [0.1, 0.15) is 24.6 Å². The lowest BCUT2D eigenvalue weighted by molar-refractivity contribution is 0.656. The first-order valence-corrected chi connectivity index (χ1v) is 6.90.